The summed E-state index contributed by atoms with van der Waals surface area (Å²) < 4.78 is 13.9. The summed E-state index contributed by atoms with van der Waals surface area (Å²) in [4.78, 5) is 12.1. The van der Waals surface area contributed by atoms with Crippen LogP contribution in [0.5, 0.6) is 0 Å². The van der Waals surface area contributed by atoms with Gasteiger partial charge in [0.15, 0.2) is 0 Å². The van der Waals surface area contributed by atoms with E-state index in [1.165, 1.54) is 6.07 Å². The third-order valence-electron chi connectivity index (χ3n) is 4.62. The second-order valence-corrected chi connectivity index (χ2v) is 6.59. The van der Waals surface area contributed by atoms with Crippen molar-refractivity contribution in [1.29, 1.82) is 0 Å². The standard InChI is InChI=1S/C18H20FN7/c19-16-6-2-1-5-15(16)13-25-9-3-4-14(11-25)12-26-23-18(22-24-26)17-10-20-7-8-21-17/h1-2,5-8,10,14H,3-4,9,11-13H2/t14-/m0/s1. The molecule has 1 atom stereocenters. The lowest BCUT2D eigenvalue weighted by Gasteiger charge is -2.32. The van der Waals surface area contributed by atoms with Crippen molar-refractivity contribution in [3.63, 3.8) is 0 Å². The molecule has 1 saturated heterocycles. The predicted octanol–water partition coefficient (Wildman–Crippen LogP) is 2.18. The Labute approximate surface area is 150 Å². The molecule has 3 heterocycles. The van der Waals surface area contributed by atoms with Crippen molar-refractivity contribution in [3.05, 3.63) is 54.2 Å². The number of tetrazole rings is 1. The van der Waals surface area contributed by atoms with E-state index in [1.54, 1.807) is 29.5 Å². The van der Waals surface area contributed by atoms with Gasteiger partial charge < -0.3 is 0 Å². The molecule has 1 aliphatic rings. The van der Waals surface area contributed by atoms with Crippen molar-refractivity contribution in [3.8, 4) is 11.5 Å². The summed E-state index contributed by atoms with van der Waals surface area (Å²) in [5, 5.41) is 12.6. The Morgan fingerprint density at radius 1 is 1.19 bits per heavy atom. The van der Waals surface area contributed by atoms with Crippen LogP contribution in [0.2, 0.25) is 0 Å². The highest BCUT2D eigenvalue weighted by atomic mass is 19.1. The summed E-state index contributed by atoms with van der Waals surface area (Å²) in [6.07, 6.45) is 7.04. The summed E-state index contributed by atoms with van der Waals surface area (Å²) in [5.41, 5.74) is 1.36. The van der Waals surface area contributed by atoms with Gasteiger partial charge in [-0.15, -0.1) is 10.2 Å². The van der Waals surface area contributed by atoms with Crippen molar-refractivity contribution in [1.82, 2.24) is 35.1 Å². The van der Waals surface area contributed by atoms with Gasteiger partial charge in [0, 0.05) is 31.0 Å². The molecule has 3 aromatic rings. The Hall–Kier alpha value is -2.74. The van der Waals surface area contributed by atoms with Crippen LogP contribution in [0.25, 0.3) is 11.5 Å². The first kappa shape index (κ1) is 16.7. The van der Waals surface area contributed by atoms with Crippen LogP contribution >= 0.6 is 0 Å². The third kappa shape index (κ3) is 3.91. The van der Waals surface area contributed by atoms with Crippen molar-refractivity contribution in [2.75, 3.05) is 13.1 Å². The summed E-state index contributed by atoms with van der Waals surface area (Å²) in [7, 11) is 0. The fourth-order valence-electron chi connectivity index (χ4n) is 3.38. The maximum atomic E-state index is 13.9. The molecule has 0 spiro atoms. The molecule has 0 bridgehead atoms. The van der Waals surface area contributed by atoms with E-state index in [0.29, 0.717) is 30.5 Å². The molecule has 4 rings (SSSR count). The van der Waals surface area contributed by atoms with E-state index < -0.39 is 0 Å². The number of nitrogens with zero attached hydrogens (tertiary/aromatic N) is 7. The molecule has 1 aromatic carbocycles. The van der Waals surface area contributed by atoms with Gasteiger partial charge in [0.1, 0.15) is 11.5 Å². The lowest BCUT2D eigenvalue weighted by Crippen LogP contribution is -2.37. The predicted molar refractivity (Wildman–Crippen MR) is 93.2 cm³/mol. The first-order chi connectivity index (χ1) is 12.8. The molecule has 8 heteroatoms. The zero-order chi connectivity index (χ0) is 17.8. The zero-order valence-electron chi connectivity index (χ0n) is 14.4. The lowest BCUT2D eigenvalue weighted by atomic mass is 9.97. The SMILES string of the molecule is Fc1ccccc1CN1CCC[C@H](Cn2nnc(-c3cnccn3)n2)C1. The summed E-state index contributed by atoms with van der Waals surface area (Å²) in [5.74, 6) is 0.762. The van der Waals surface area contributed by atoms with E-state index in [0.717, 1.165) is 31.5 Å². The Kier molecular flexibility index (Phi) is 4.92. The van der Waals surface area contributed by atoms with Crippen LogP contribution in [0, 0.1) is 11.7 Å². The number of piperidine rings is 1. The van der Waals surface area contributed by atoms with Crippen LogP contribution in [-0.4, -0.2) is 48.2 Å². The summed E-state index contributed by atoms with van der Waals surface area (Å²) in [6.45, 7) is 3.22. The Morgan fingerprint density at radius 2 is 2.12 bits per heavy atom. The molecule has 1 fully saturated rings. The number of aromatic nitrogens is 6. The highest BCUT2D eigenvalue weighted by molar-refractivity contribution is 5.44. The first-order valence-corrected chi connectivity index (χ1v) is 8.78. The number of likely N-dealkylation sites (tertiary alicyclic amines) is 1. The molecule has 0 unspecified atom stereocenters. The normalized spacial score (nSPS) is 18.1. The molecular formula is C18H20FN7. The van der Waals surface area contributed by atoms with Crippen LogP contribution in [-0.2, 0) is 13.1 Å². The van der Waals surface area contributed by atoms with Gasteiger partial charge in [-0.05, 0) is 36.6 Å². The minimum absolute atomic E-state index is 0.138. The fourth-order valence-corrected chi connectivity index (χ4v) is 3.38. The second kappa shape index (κ2) is 7.65. The topological polar surface area (TPSA) is 72.6 Å². The minimum Gasteiger partial charge on any atom is -0.299 e. The molecule has 0 radical (unpaired) electrons. The summed E-state index contributed by atoms with van der Waals surface area (Å²) in [6, 6.07) is 6.98. The molecule has 134 valence electrons. The van der Waals surface area contributed by atoms with Crippen molar-refractivity contribution in [2.45, 2.75) is 25.9 Å². The van der Waals surface area contributed by atoms with Gasteiger partial charge >= 0.3 is 0 Å². The number of hydrogen-bond donors (Lipinski definition) is 0. The molecular weight excluding hydrogens is 333 g/mol. The number of halogens is 1. The van der Waals surface area contributed by atoms with Gasteiger partial charge in [-0.25, -0.2) is 9.37 Å². The third-order valence-corrected chi connectivity index (χ3v) is 4.62. The van der Waals surface area contributed by atoms with E-state index >= 15 is 0 Å². The van der Waals surface area contributed by atoms with Crippen LogP contribution in [0.3, 0.4) is 0 Å². The average molecular weight is 353 g/mol. The van der Waals surface area contributed by atoms with Gasteiger partial charge in [0.05, 0.1) is 12.7 Å². The number of benzene rings is 1. The largest absolute Gasteiger partial charge is 0.299 e. The molecule has 1 aliphatic heterocycles. The van der Waals surface area contributed by atoms with E-state index in [1.807, 2.05) is 12.1 Å². The van der Waals surface area contributed by atoms with E-state index in [9.17, 15) is 4.39 Å². The molecule has 0 saturated carbocycles. The van der Waals surface area contributed by atoms with Crippen molar-refractivity contribution < 1.29 is 4.39 Å². The molecule has 0 N–H and O–H groups in total. The highest BCUT2D eigenvalue weighted by Gasteiger charge is 2.22. The second-order valence-electron chi connectivity index (χ2n) is 6.59. The van der Waals surface area contributed by atoms with Crippen molar-refractivity contribution >= 4 is 0 Å². The van der Waals surface area contributed by atoms with Gasteiger partial charge in [-0.1, -0.05) is 18.2 Å². The van der Waals surface area contributed by atoms with Crippen LogP contribution in [0.15, 0.2) is 42.9 Å². The maximum absolute atomic E-state index is 13.9. The molecule has 0 amide bonds. The molecule has 0 aliphatic carbocycles. The van der Waals surface area contributed by atoms with Crippen LogP contribution < -0.4 is 0 Å². The van der Waals surface area contributed by atoms with Crippen LogP contribution in [0.1, 0.15) is 18.4 Å². The van der Waals surface area contributed by atoms with Gasteiger partial charge in [-0.3, -0.25) is 9.88 Å². The Bertz CT molecular complexity index is 852. The van der Waals surface area contributed by atoms with Crippen LogP contribution in [0.4, 0.5) is 4.39 Å². The Morgan fingerprint density at radius 3 is 2.96 bits per heavy atom. The lowest BCUT2D eigenvalue weighted by molar-refractivity contribution is 0.148. The summed E-state index contributed by atoms with van der Waals surface area (Å²) >= 11 is 0. The molecule has 2 aromatic heterocycles. The monoisotopic (exact) mass is 353 g/mol. The first-order valence-electron chi connectivity index (χ1n) is 8.78. The Balaban J connectivity index is 1.38. The van der Waals surface area contributed by atoms with Gasteiger partial charge in [0.25, 0.3) is 0 Å². The van der Waals surface area contributed by atoms with Gasteiger partial charge in [-0.2, -0.15) is 4.80 Å². The molecule has 26 heavy (non-hydrogen) atoms. The smallest absolute Gasteiger partial charge is 0.224 e. The van der Waals surface area contributed by atoms with Crippen molar-refractivity contribution in [2.24, 2.45) is 5.92 Å². The highest BCUT2D eigenvalue weighted by Crippen LogP contribution is 2.21. The number of rotatable bonds is 5. The average Bonchev–Trinajstić information content (AvgIpc) is 3.13. The van der Waals surface area contributed by atoms with E-state index in [-0.39, 0.29) is 5.82 Å². The maximum Gasteiger partial charge on any atom is 0.224 e. The fraction of sp³-hybridized carbons (Fsp3) is 0.389. The quantitative estimate of drug-likeness (QED) is 0.700. The van der Waals surface area contributed by atoms with E-state index in [2.05, 4.69) is 30.3 Å². The molecule has 7 nitrogen and oxygen atoms in total. The van der Waals surface area contributed by atoms with E-state index in [4.69, 9.17) is 0 Å². The zero-order valence-corrected chi connectivity index (χ0v) is 14.4. The van der Waals surface area contributed by atoms with Gasteiger partial charge in [0.2, 0.25) is 5.82 Å². The number of hydrogen-bond acceptors (Lipinski definition) is 6. The minimum atomic E-state index is -0.138.